The SMILES string of the molecule is CC(C)N(C(=O)CC1CC(=O)O1)C(C)C. The number of carbonyl (C=O) groups is 2. The molecule has 0 aromatic carbocycles. The number of ether oxygens (including phenoxy) is 1. The third-order valence-electron chi connectivity index (χ3n) is 2.50. The Balaban J connectivity index is 2.46. The highest BCUT2D eigenvalue weighted by atomic mass is 16.6. The van der Waals surface area contributed by atoms with Gasteiger partial charge in [0.05, 0.1) is 12.8 Å². The fourth-order valence-corrected chi connectivity index (χ4v) is 1.95. The second-order valence-electron chi connectivity index (χ2n) is 4.51. The molecule has 0 aromatic rings. The lowest BCUT2D eigenvalue weighted by molar-refractivity contribution is -0.171. The van der Waals surface area contributed by atoms with Gasteiger partial charge in [-0.25, -0.2) is 0 Å². The Hall–Kier alpha value is -1.06. The Kier molecular flexibility index (Phi) is 3.72. The molecule has 4 heteroatoms. The van der Waals surface area contributed by atoms with Crippen molar-refractivity contribution in [1.82, 2.24) is 4.90 Å². The topological polar surface area (TPSA) is 46.6 Å². The molecule has 0 spiro atoms. The van der Waals surface area contributed by atoms with Crippen LogP contribution < -0.4 is 0 Å². The Bertz CT molecular complexity index is 245. The zero-order valence-electron chi connectivity index (χ0n) is 9.82. The maximum Gasteiger partial charge on any atom is 0.309 e. The molecule has 1 fully saturated rings. The number of nitrogens with zero attached hydrogens (tertiary/aromatic N) is 1. The van der Waals surface area contributed by atoms with Gasteiger partial charge in [0.25, 0.3) is 0 Å². The number of hydrogen-bond donors (Lipinski definition) is 0. The van der Waals surface area contributed by atoms with Gasteiger partial charge in [0.2, 0.25) is 5.91 Å². The first-order valence-corrected chi connectivity index (χ1v) is 5.42. The van der Waals surface area contributed by atoms with Crippen molar-refractivity contribution in [3.8, 4) is 0 Å². The molecule has 1 rings (SSSR count). The van der Waals surface area contributed by atoms with Crippen molar-refractivity contribution < 1.29 is 14.3 Å². The summed E-state index contributed by atoms with van der Waals surface area (Å²) in [5.74, 6) is -0.133. The highest BCUT2D eigenvalue weighted by molar-refractivity contribution is 5.81. The zero-order chi connectivity index (χ0) is 11.6. The molecule has 1 unspecified atom stereocenters. The van der Waals surface area contributed by atoms with Gasteiger partial charge in [0.15, 0.2) is 0 Å². The Labute approximate surface area is 90.6 Å². The van der Waals surface area contributed by atoms with Crippen LogP contribution in [0.15, 0.2) is 0 Å². The molecule has 1 amide bonds. The van der Waals surface area contributed by atoms with Gasteiger partial charge in [-0.2, -0.15) is 0 Å². The highest BCUT2D eigenvalue weighted by Gasteiger charge is 2.32. The van der Waals surface area contributed by atoms with Crippen molar-refractivity contribution >= 4 is 11.9 Å². The molecule has 0 saturated carbocycles. The minimum absolute atomic E-state index is 0.0671. The molecule has 1 heterocycles. The van der Waals surface area contributed by atoms with Crippen LogP contribution in [0, 0.1) is 0 Å². The number of esters is 1. The van der Waals surface area contributed by atoms with Gasteiger partial charge in [0, 0.05) is 12.1 Å². The molecule has 86 valence electrons. The van der Waals surface area contributed by atoms with E-state index in [1.165, 1.54) is 0 Å². The number of amides is 1. The summed E-state index contributed by atoms with van der Waals surface area (Å²) in [5.41, 5.74) is 0. The van der Waals surface area contributed by atoms with Gasteiger partial charge in [-0.1, -0.05) is 0 Å². The number of carbonyl (C=O) groups excluding carboxylic acids is 2. The lowest BCUT2D eigenvalue weighted by Crippen LogP contribution is -2.45. The van der Waals surface area contributed by atoms with Gasteiger partial charge in [-0.3, -0.25) is 9.59 Å². The lowest BCUT2D eigenvalue weighted by Gasteiger charge is -2.33. The number of hydrogen-bond acceptors (Lipinski definition) is 3. The van der Waals surface area contributed by atoms with Crippen LogP contribution in [-0.4, -0.2) is 35.0 Å². The molecular formula is C11H19NO3. The van der Waals surface area contributed by atoms with Crippen LogP contribution in [0.3, 0.4) is 0 Å². The van der Waals surface area contributed by atoms with Crippen LogP contribution in [0.5, 0.6) is 0 Å². The van der Waals surface area contributed by atoms with Crippen molar-refractivity contribution in [2.75, 3.05) is 0 Å². The molecule has 1 aliphatic rings. The molecule has 0 radical (unpaired) electrons. The van der Waals surface area contributed by atoms with E-state index in [4.69, 9.17) is 4.74 Å². The molecule has 15 heavy (non-hydrogen) atoms. The summed E-state index contributed by atoms with van der Waals surface area (Å²) >= 11 is 0. The molecule has 0 aliphatic carbocycles. The summed E-state index contributed by atoms with van der Waals surface area (Å²) in [4.78, 5) is 24.3. The van der Waals surface area contributed by atoms with Crippen LogP contribution in [0.25, 0.3) is 0 Å². The molecule has 0 bridgehead atoms. The van der Waals surface area contributed by atoms with E-state index >= 15 is 0 Å². The van der Waals surface area contributed by atoms with E-state index in [2.05, 4.69) is 0 Å². The van der Waals surface area contributed by atoms with E-state index in [9.17, 15) is 9.59 Å². The van der Waals surface area contributed by atoms with Crippen molar-refractivity contribution in [3.63, 3.8) is 0 Å². The Morgan fingerprint density at radius 1 is 1.40 bits per heavy atom. The average molecular weight is 213 g/mol. The van der Waals surface area contributed by atoms with Gasteiger partial charge < -0.3 is 9.64 Å². The van der Waals surface area contributed by atoms with E-state index in [1.54, 1.807) is 0 Å². The van der Waals surface area contributed by atoms with Gasteiger partial charge in [0.1, 0.15) is 6.10 Å². The smallest absolute Gasteiger partial charge is 0.309 e. The van der Waals surface area contributed by atoms with E-state index in [0.29, 0.717) is 12.8 Å². The van der Waals surface area contributed by atoms with Crippen LogP contribution in [0.1, 0.15) is 40.5 Å². The summed E-state index contributed by atoms with van der Waals surface area (Å²) < 4.78 is 4.83. The standard InChI is InChI=1S/C11H19NO3/c1-7(2)12(8(3)4)10(13)5-9-6-11(14)15-9/h7-9H,5-6H2,1-4H3. The quantitative estimate of drug-likeness (QED) is 0.662. The van der Waals surface area contributed by atoms with Crippen molar-refractivity contribution in [2.45, 2.75) is 58.7 Å². The zero-order valence-corrected chi connectivity index (χ0v) is 9.82. The number of cyclic esters (lactones) is 1. The first kappa shape index (κ1) is 12.0. The maximum atomic E-state index is 11.9. The first-order valence-electron chi connectivity index (χ1n) is 5.42. The fraction of sp³-hybridized carbons (Fsp3) is 0.818. The van der Waals surface area contributed by atoms with Crippen LogP contribution in [0.4, 0.5) is 0 Å². The van der Waals surface area contributed by atoms with Crippen molar-refractivity contribution in [2.24, 2.45) is 0 Å². The summed E-state index contributed by atoms with van der Waals surface area (Å²) in [6.07, 6.45) is 0.516. The van der Waals surface area contributed by atoms with E-state index < -0.39 is 0 Å². The summed E-state index contributed by atoms with van der Waals surface area (Å²) in [6, 6.07) is 0.376. The van der Waals surface area contributed by atoms with Crippen LogP contribution in [-0.2, 0) is 14.3 Å². The summed E-state index contributed by atoms with van der Waals surface area (Å²) in [6.45, 7) is 7.96. The monoisotopic (exact) mass is 213 g/mol. The molecule has 0 aromatic heterocycles. The van der Waals surface area contributed by atoms with E-state index in [0.717, 1.165) is 0 Å². The largest absolute Gasteiger partial charge is 0.461 e. The normalized spacial score (nSPS) is 20.1. The predicted octanol–water partition coefficient (Wildman–Crippen LogP) is 1.34. The summed E-state index contributed by atoms with van der Waals surface area (Å²) in [7, 11) is 0. The van der Waals surface area contributed by atoms with Gasteiger partial charge in [-0.15, -0.1) is 0 Å². The predicted molar refractivity (Wildman–Crippen MR) is 56.2 cm³/mol. The van der Waals surface area contributed by atoms with Crippen LogP contribution >= 0.6 is 0 Å². The average Bonchev–Trinajstić information content (AvgIpc) is 1.99. The summed E-state index contributed by atoms with van der Waals surface area (Å²) in [5, 5.41) is 0. The number of rotatable bonds is 4. The molecule has 1 atom stereocenters. The van der Waals surface area contributed by atoms with Crippen LogP contribution in [0.2, 0.25) is 0 Å². The minimum atomic E-state index is -0.201. The molecule has 1 aliphatic heterocycles. The van der Waals surface area contributed by atoms with Crippen molar-refractivity contribution in [3.05, 3.63) is 0 Å². The maximum absolute atomic E-state index is 11.9. The minimum Gasteiger partial charge on any atom is -0.461 e. The molecule has 4 nitrogen and oxygen atoms in total. The van der Waals surface area contributed by atoms with E-state index in [-0.39, 0.29) is 30.1 Å². The van der Waals surface area contributed by atoms with Gasteiger partial charge >= 0.3 is 5.97 Å². The second-order valence-corrected chi connectivity index (χ2v) is 4.51. The van der Waals surface area contributed by atoms with E-state index in [1.807, 2.05) is 32.6 Å². The molecule has 0 N–H and O–H groups in total. The highest BCUT2D eigenvalue weighted by Crippen LogP contribution is 2.19. The Morgan fingerprint density at radius 2 is 1.87 bits per heavy atom. The third kappa shape index (κ3) is 2.94. The third-order valence-corrected chi connectivity index (χ3v) is 2.50. The fourth-order valence-electron chi connectivity index (χ4n) is 1.95. The first-order chi connectivity index (χ1) is 6.91. The second kappa shape index (κ2) is 4.64. The molecule has 1 saturated heterocycles. The molecular weight excluding hydrogens is 194 g/mol. The van der Waals surface area contributed by atoms with Crippen molar-refractivity contribution in [1.29, 1.82) is 0 Å². The lowest BCUT2D eigenvalue weighted by atomic mass is 10.1. The Morgan fingerprint density at radius 3 is 2.20 bits per heavy atom. The van der Waals surface area contributed by atoms with Gasteiger partial charge in [-0.05, 0) is 27.7 Å².